The van der Waals surface area contributed by atoms with E-state index in [4.69, 9.17) is 47.4 Å². The van der Waals surface area contributed by atoms with Crippen molar-refractivity contribution in [3.8, 4) is 23.0 Å². The maximum absolute atomic E-state index is 6.99. The van der Waals surface area contributed by atoms with Crippen LogP contribution in [0.25, 0.3) is 0 Å². The highest BCUT2D eigenvalue weighted by atomic mass is 16.6. The molecule has 66 heavy (non-hydrogen) atoms. The van der Waals surface area contributed by atoms with Crippen LogP contribution in [-0.2, 0) is 54.1 Å². The molecule has 1 aliphatic carbocycles. The summed E-state index contributed by atoms with van der Waals surface area (Å²) in [5, 5.41) is 0. The Labute approximate surface area is 394 Å². The van der Waals surface area contributed by atoms with Crippen LogP contribution >= 0.6 is 0 Å². The standard InChI is InChI=1S/C56H76O10/c1-37(2)41-25-45-33-47-27-42(38(3)4)29-49-35-51-31-44(40(7)8)32-52-36-50-30-43(39(5)6)28-48(55(50)65-23-19-61-15-11-58-10-14-60-18-22-64-54(47)49)34-46(26-41)53(45)63-21-17-59-13-9-57-12-16-62-20-24-66-56(51)52/h25-32,37-40H,9-24,33-36H2,1-8H3. The average Bonchev–Trinajstić information content (AvgIpc) is 3.27. The first kappa shape index (κ1) is 49.7. The van der Waals surface area contributed by atoms with Crippen LogP contribution in [0.5, 0.6) is 23.0 Å². The van der Waals surface area contributed by atoms with E-state index in [1.165, 1.54) is 22.3 Å². The minimum Gasteiger partial charge on any atom is -0.491 e. The van der Waals surface area contributed by atoms with E-state index in [2.05, 4.69) is 104 Å². The lowest BCUT2D eigenvalue weighted by Gasteiger charge is -2.26. The van der Waals surface area contributed by atoms with Gasteiger partial charge >= 0.3 is 0 Å². The van der Waals surface area contributed by atoms with Gasteiger partial charge in [-0.05, 0) is 90.4 Å². The summed E-state index contributed by atoms with van der Waals surface area (Å²) in [4.78, 5) is 0. The predicted octanol–water partition coefficient (Wildman–Crippen LogP) is 10.5. The van der Waals surface area contributed by atoms with Gasteiger partial charge in [0.15, 0.2) is 0 Å². The molecule has 2 heterocycles. The van der Waals surface area contributed by atoms with E-state index >= 15 is 0 Å². The fourth-order valence-electron chi connectivity index (χ4n) is 8.97. The van der Waals surface area contributed by atoms with Crippen molar-refractivity contribution in [2.75, 3.05) is 106 Å². The molecule has 0 unspecified atom stereocenters. The van der Waals surface area contributed by atoms with Crippen LogP contribution in [0.1, 0.15) is 146 Å². The first-order valence-corrected chi connectivity index (χ1v) is 24.7. The van der Waals surface area contributed by atoms with Gasteiger partial charge in [-0.25, -0.2) is 0 Å². The molecule has 0 amide bonds. The minimum absolute atomic E-state index is 0.278. The summed E-state index contributed by atoms with van der Waals surface area (Å²) in [7, 11) is 0. The molecule has 0 atom stereocenters. The lowest BCUT2D eigenvalue weighted by molar-refractivity contribution is 0.00464. The predicted molar refractivity (Wildman–Crippen MR) is 260 cm³/mol. The number of ether oxygens (including phenoxy) is 10. The maximum Gasteiger partial charge on any atom is 0.126 e. The molecule has 0 saturated carbocycles. The van der Waals surface area contributed by atoms with Crippen molar-refractivity contribution < 1.29 is 47.4 Å². The Balaban J connectivity index is 1.55. The van der Waals surface area contributed by atoms with Gasteiger partial charge < -0.3 is 47.4 Å². The summed E-state index contributed by atoms with van der Waals surface area (Å²) in [5.41, 5.74) is 14.0. The lowest BCUT2D eigenvalue weighted by Crippen LogP contribution is -2.17. The topological polar surface area (TPSA) is 92.3 Å². The van der Waals surface area contributed by atoms with Crippen LogP contribution in [0.4, 0.5) is 0 Å². The molecule has 360 valence electrons. The van der Waals surface area contributed by atoms with Crippen molar-refractivity contribution >= 4 is 0 Å². The second-order valence-corrected chi connectivity index (χ2v) is 19.1. The van der Waals surface area contributed by atoms with E-state index in [1.54, 1.807) is 0 Å². The van der Waals surface area contributed by atoms with Crippen molar-refractivity contribution in [2.24, 2.45) is 0 Å². The van der Waals surface area contributed by atoms with Crippen LogP contribution in [0.3, 0.4) is 0 Å². The Bertz CT molecular complexity index is 1780. The van der Waals surface area contributed by atoms with Crippen LogP contribution in [-0.4, -0.2) is 106 Å². The van der Waals surface area contributed by atoms with E-state index in [1.807, 2.05) is 0 Å². The van der Waals surface area contributed by atoms with E-state index in [0.717, 1.165) is 67.5 Å². The number of rotatable bonds is 4. The first-order chi connectivity index (χ1) is 32.0. The molecule has 4 aromatic carbocycles. The van der Waals surface area contributed by atoms with Gasteiger partial charge in [-0.3, -0.25) is 0 Å². The second-order valence-electron chi connectivity index (χ2n) is 19.1. The zero-order valence-corrected chi connectivity index (χ0v) is 41.2. The van der Waals surface area contributed by atoms with Gasteiger partial charge in [0.25, 0.3) is 0 Å². The number of hydrogen-bond acceptors (Lipinski definition) is 10. The zero-order valence-electron chi connectivity index (χ0n) is 41.2. The molecule has 0 saturated heterocycles. The van der Waals surface area contributed by atoms with Crippen LogP contribution in [0, 0.1) is 0 Å². The molecule has 10 nitrogen and oxygen atoms in total. The van der Waals surface area contributed by atoms with Crippen molar-refractivity contribution in [3.05, 3.63) is 115 Å². The van der Waals surface area contributed by atoms with Crippen LogP contribution in [0.15, 0.2) is 48.5 Å². The Morgan fingerprint density at radius 2 is 0.394 bits per heavy atom. The highest BCUT2D eigenvalue weighted by Crippen LogP contribution is 2.43. The third kappa shape index (κ3) is 13.5. The molecule has 0 fully saturated rings. The van der Waals surface area contributed by atoms with E-state index in [-0.39, 0.29) is 23.7 Å². The third-order valence-corrected chi connectivity index (χ3v) is 12.6. The van der Waals surface area contributed by atoms with Crippen molar-refractivity contribution in [1.29, 1.82) is 0 Å². The highest BCUT2D eigenvalue weighted by molar-refractivity contribution is 5.59. The van der Waals surface area contributed by atoms with Gasteiger partial charge in [0.05, 0.1) is 79.3 Å². The Hall–Kier alpha value is -4.16. The summed E-state index contributed by atoms with van der Waals surface area (Å²) >= 11 is 0. The van der Waals surface area contributed by atoms with Crippen molar-refractivity contribution in [3.63, 3.8) is 0 Å². The molecule has 10 heteroatoms. The molecule has 12 bridgehead atoms. The monoisotopic (exact) mass is 909 g/mol. The normalized spacial score (nSPS) is 17.8. The highest BCUT2D eigenvalue weighted by Gasteiger charge is 2.26. The first-order valence-electron chi connectivity index (χ1n) is 24.7. The Morgan fingerprint density at radius 1 is 0.242 bits per heavy atom. The molecule has 4 aromatic rings. The van der Waals surface area contributed by atoms with Crippen LogP contribution in [0.2, 0.25) is 0 Å². The quantitative estimate of drug-likeness (QED) is 0.174. The Kier molecular flexibility index (Phi) is 18.6. The third-order valence-electron chi connectivity index (χ3n) is 12.6. The maximum atomic E-state index is 6.99. The fraction of sp³-hybridized carbons (Fsp3) is 0.571. The van der Waals surface area contributed by atoms with E-state index < -0.39 is 0 Å². The largest absolute Gasteiger partial charge is 0.491 e. The van der Waals surface area contributed by atoms with Crippen molar-refractivity contribution in [1.82, 2.24) is 0 Å². The second kappa shape index (κ2) is 24.7. The summed E-state index contributed by atoms with van der Waals surface area (Å²) < 4.78 is 64.0. The number of benzene rings is 4. The lowest BCUT2D eigenvalue weighted by atomic mass is 9.85. The molecular formula is C56H76O10. The van der Waals surface area contributed by atoms with Gasteiger partial charge in [0.1, 0.15) is 49.4 Å². The molecular weight excluding hydrogens is 833 g/mol. The SMILES string of the molecule is CC(C)c1cc2c3c(c1)Cc1cc(C(C)C)cc4c1OCCOCCOCCOCCOc1c(cc(C(C)C)cc1Cc1cc(C(C)C)cc(c1OCCOCCOCCOCCO3)C4)C2. The van der Waals surface area contributed by atoms with Gasteiger partial charge in [-0.2, -0.15) is 0 Å². The van der Waals surface area contributed by atoms with E-state index in [0.29, 0.717) is 131 Å². The van der Waals surface area contributed by atoms with Gasteiger partial charge in [-0.1, -0.05) is 104 Å². The van der Waals surface area contributed by atoms with Gasteiger partial charge in [0.2, 0.25) is 0 Å². The fourth-order valence-corrected chi connectivity index (χ4v) is 8.97. The molecule has 0 radical (unpaired) electrons. The smallest absolute Gasteiger partial charge is 0.126 e. The average molecular weight is 909 g/mol. The minimum atomic E-state index is 0.278. The van der Waals surface area contributed by atoms with Crippen LogP contribution < -0.4 is 18.9 Å². The van der Waals surface area contributed by atoms with Gasteiger partial charge in [-0.15, -0.1) is 0 Å². The number of hydrogen-bond donors (Lipinski definition) is 0. The molecule has 0 N–H and O–H groups in total. The van der Waals surface area contributed by atoms with Gasteiger partial charge in [0, 0.05) is 25.7 Å². The Morgan fingerprint density at radius 3 is 0.545 bits per heavy atom. The molecule has 0 spiro atoms. The molecule has 0 aromatic heterocycles. The summed E-state index contributed by atoms with van der Waals surface area (Å²) in [6.07, 6.45) is 2.41. The summed E-state index contributed by atoms with van der Waals surface area (Å²) in [5.74, 6) is 4.64. The van der Waals surface area contributed by atoms with E-state index in [9.17, 15) is 0 Å². The van der Waals surface area contributed by atoms with Crippen molar-refractivity contribution in [2.45, 2.75) is 105 Å². The summed E-state index contributed by atoms with van der Waals surface area (Å²) in [6.45, 7) is 25.2. The zero-order chi connectivity index (χ0) is 46.4. The molecule has 2 aliphatic heterocycles. The molecule has 7 rings (SSSR count). The molecule has 3 aliphatic rings. The summed E-state index contributed by atoms with van der Waals surface area (Å²) in [6, 6.07) is 18.8.